The summed E-state index contributed by atoms with van der Waals surface area (Å²) < 4.78 is 5.90. The van der Waals surface area contributed by atoms with E-state index in [9.17, 15) is 0 Å². The van der Waals surface area contributed by atoms with Gasteiger partial charge in [0.15, 0.2) is 0 Å². The molecule has 0 aliphatic rings. The van der Waals surface area contributed by atoms with Crippen LogP contribution in [-0.2, 0) is 6.42 Å². The first-order chi connectivity index (χ1) is 8.69. The standard InChI is InChI=1S/C16H19NO/c1-3-13-4-10-16(11-5-13)18-12(2)14-6-8-15(17)9-7-14/h4-12H,3,17H2,1-2H3. The van der Waals surface area contributed by atoms with E-state index in [1.165, 1.54) is 5.56 Å². The van der Waals surface area contributed by atoms with Crippen molar-refractivity contribution in [2.24, 2.45) is 0 Å². The Kier molecular flexibility index (Phi) is 3.88. The lowest BCUT2D eigenvalue weighted by Gasteiger charge is -2.15. The Morgan fingerprint density at radius 1 is 1.00 bits per heavy atom. The van der Waals surface area contributed by atoms with Crippen LogP contribution in [0, 0.1) is 0 Å². The van der Waals surface area contributed by atoms with Crippen LogP contribution in [0.1, 0.15) is 31.1 Å². The molecule has 0 spiro atoms. The summed E-state index contributed by atoms with van der Waals surface area (Å²) in [4.78, 5) is 0. The van der Waals surface area contributed by atoms with Crippen molar-refractivity contribution in [3.63, 3.8) is 0 Å². The Morgan fingerprint density at radius 2 is 1.61 bits per heavy atom. The van der Waals surface area contributed by atoms with Gasteiger partial charge in [0.05, 0.1) is 0 Å². The molecule has 18 heavy (non-hydrogen) atoms. The SMILES string of the molecule is CCc1ccc(OC(C)c2ccc(N)cc2)cc1. The topological polar surface area (TPSA) is 35.2 Å². The summed E-state index contributed by atoms with van der Waals surface area (Å²) in [6.07, 6.45) is 1.08. The van der Waals surface area contributed by atoms with Crippen LogP contribution in [0.25, 0.3) is 0 Å². The molecule has 0 heterocycles. The van der Waals surface area contributed by atoms with Gasteiger partial charge in [-0.1, -0.05) is 31.2 Å². The fourth-order valence-electron chi connectivity index (χ4n) is 1.84. The minimum atomic E-state index is 0.0260. The molecule has 94 valence electrons. The van der Waals surface area contributed by atoms with E-state index in [0.717, 1.165) is 23.4 Å². The zero-order valence-electron chi connectivity index (χ0n) is 10.9. The number of hydrogen-bond donors (Lipinski definition) is 1. The first-order valence-corrected chi connectivity index (χ1v) is 6.30. The number of ether oxygens (including phenoxy) is 1. The molecule has 1 atom stereocenters. The minimum absolute atomic E-state index is 0.0260. The lowest BCUT2D eigenvalue weighted by Crippen LogP contribution is -2.03. The third-order valence-electron chi connectivity index (χ3n) is 3.05. The third kappa shape index (κ3) is 3.04. The second kappa shape index (κ2) is 5.58. The maximum absolute atomic E-state index is 5.90. The van der Waals surface area contributed by atoms with E-state index in [1.807, 2.05) is 43.3 Å². The van der Waals surface area contributed by atoms with Crippen molar-refractivity contribution in [3.8, 4) is 5.75 Å². The van der Waals surface area contributed by atoms with Gasteiger partial charge in [0.2, 0.25) is 0 Å². The fourth-order valence-corrected chi connectivity index (χ4v) is 1.84. The van der Waals surface area contributed by atoms with Crippen LogP contribution in [0.2, 0.25) is 0 Å². The molecule has 2 nitrogen and oxygen atoms in total. The van der Waals surface area contributed by atoms with E-state index in [0.29, 0.717) is 0 Å². The summed E-state index contributed by atoms with van der Waals surface area (Å²) in [6, 6.07) is 16.0. The number of nitrogens with two attached hydrogens (primary N) is 1. The van der Waals surface area contributed by atoms with Crippen molar-refractivity contribution in [1.29, 1.82) is 0 Å². The first kappa shape index (κ1) is 12.5. The maximum Gasteiger partial charge on any atom is 0.121 e. The molecule has 2 rings (SSSR count). The van der Waals surface area contributed by atoms with Crippen LogP contribution in [0.15, 0.2) is 48.5 Å². The predicted molar refractivity (Wildman–Crippen MR) is 75.7 cm³/mol. The van der Waals surface area contributed by atoms with Crippen molar-refractivity contribution < 1.29 is 4.74 Å². The van der Waals surface area contributed by atoms with E-state index < -0.39 is 0 Å². The highest BCUT2D eigenvalue weighted by molar-refractivity contribution is 5.40. The molecule has 2 heteroatoms. The van der Waals surface area contributed by atoms with Crippen molar-refractivity contribution in [1.82, 2.24) is 0 Å². The second-order valence-corrected chi connectivity index (χ2v) is 4.42. The molecule has 0 aliphatic carbocycles. The molecule has 2 aromatic carbocycles. The molecule has 0 aromatic heterocycles. The lowest BCUT2D eigenvalue weighted by molar-refractivity contribution is 0.227. The highest BCUT2D eigenvalue weighted by atomic mass is 16.5. The molecule has 2 N–H and O–H groups in total. The van der Waals surface area contributed by atoms with Gasteiger partial charge in [-0.3, -0.25) is 0 Å². The van der Waals surface area contributed by atoms with Gasteiger partial charge in [0.1, 0.15) is 11.9 Å². The normalized spacial score (nSPS) is 12.1. The zero-order chi connectivity index (χ0) is 13.0. The zero-order valence-corrected chi connectivity index (χ0v) is 10.9. The number of aryl methyl sites for hydroxylation is 1. The maximum atomic E-state index is 5.90. The molecule has 1 unspecified atom stereocenters. The van der Waals surface area contributed by atoms with E-state index in [-0.39, 0.29) is 6.10 Å². The Bertz CT molecular complexity index is 488. The van der Waals surface area contributed by atoms with Crippen LogP contribution in [-0.4, -0.2) is 0 Å². The van der Waals surface area contributed by atoms with Gasteiger partial charge < -0.3 is 10.5 Å². The van der Waals surface area contributed by atoms with Gasteiger partial charge in [-0.25, -0.2) is 0 Å². The first-order valence-electron chi connectivity index (χ1n) is 6.30. The highest BCUT2D eigenvalue weighted by Gasteiger charge is 2.06. The number of hydrogen-bond acceptors (Lipinski definition) is 2. The highest BCUT2D eigenvalue weighted by Crippen LogP contribution is 2.22. The molecular formula is C16H19NO. The van der Waals surface area contributed by atoms with Crippen LogP contribution in [0.3, 0.4) is 0 Å². The Morgan fingerprint density at radius 3 is 2.17 bits per heavy atom. The van der Waals surface area contributed by atoms with Crippen LogP contribution < -0.4 is 10.5 Å². The molecule has 0 bridgehead atoms. The quantitative estimate of drug-likeness (QED) is 0.822. The van der Waals surface area contributed by atoms with Crippen molar-refractivity contribution in [2.75, 3.05) is 5.73 Å². The molecule has 0 saturated carbocycles. The Hall–Kier alpha value is -1.96. The monoisotopic (exact) mass is 241 g/mol. The molecule has 0 aliphatic heterocycles. The Labute approximate surface area is 108 Å². The summed E-state index contributed by atoms with van der Waals surface area (Å²) in [6.45, 7) is 4.19. The third-order valence-corrected chi connectivity index (χ3v) is 3.05. The number of anilines is 1. The van der Waals surface area contributed by atoms with Crippen molar-refractivity contribution >= 4 is 5.69 Å². The smallest absolute Gasteiger partial charge is 0.121 e. The van der Waals surface area contributed by atoms with Crippen LogP contribution >= 0.6 is 0 Å². The molecule has 0 fully saturated rings. The predicted octanol–water partition coefficient (Wildman–Crippen LogP) is 3.97. The van der Waals surface area contributed by atoms with E-state index in [1.54, 1.807) is 0 Å². The number of rotatable bonds is 4. The average Bonchev–Trinajstić information content (AvgIpc) is 2.40. The van der Waals surface area contributed by atoms with Gasteiger partial charge in [-0.2, -0.15) is 0 Å². The fraction of sp³-hybridized carbons (Fsp3) is 0.250. The number of nitrogen functional groups attached to an aromatic ring is 1. The molecule has 0 radical (unpaired) electrons. The molecular weight excluding hydrogens is 222 g/mol. The van der Waals surface area contributed by atoms with Gasteiger partial charge in [-0.15, -0.1) is 0 Å². The van der Waals surface area contributed by atoms with E-state index in [4.69, 9.17) is 10.5 Å². The lowest BCUT2D eigenvalue weighted by atomic mass is 10.1. The number of benzene rings is 2. The summed E-state index contributed by atoms with van der Waals surface area (Å²) >= 11 is 0. The summed E-state index contributed by atoms with van der Waals surface area (Å²) in [5.74, 6) is 0.900. The summed E-state index contributed by atoms with van der Waals surface area (Å²) in [5, 5.41) is 0. The van der Waals surface area contributed by atoms with E-state index >= 15 is 0 Å². The summed E-state index contributed by atoms with van der Waals surface area (Å²) in [7, 11) is 0. The molecule has 0 saturated heterocycles. The van der Waals surface area contributed by atoms with Gasteiger partial charge in [-0.05, 0) is 48.7 Å². The average molecular weight is 241 g/mol. The van der Waals surface area contributed by atoms with Crippen LogP contribution in [0.4, 0.5) is 5.69 Å². The second-order valence-electron chi connectivity index (χ2n) is 4.42. The van der Waals surface area contributed by atoms with Gasteiger partial charge in [0.25, 0.3) is 0 Å². The largest absolute Gasteiger partial charge is 0.486 e. The van der Waals surface area contributed by atoms with Gasteiger partial charge >= 0.3 is 0 Å². The van der Waals surface area contributed by atoms with Crippen molar-refractivity contribution in [2.45, 2.75) is 26.4 Å². The Balaban J connectivity index is 2.05. The van der Waals surface area contributed by atoms with E-state index in [2.05, 4.69) is 19.1 Å². The van der Waals surface area contributed by atoms with Crippen LogP contribution in [0.5, 0.6) is 5.75 Å². The minimum Gasteiger partial charge on any atom is -0.486 e. The molecule has 0 amide bonds. The van der Waals surface area contributed by atoms with Gasteiger partial charge in [0, 0.05) is 5.69 Å². The van der Waals surface area contributed by atoms with Crippen molar-refractivity contribution in [3.05, 3.63) is 59.7 Å². The summed E-state index contributed by atoms with van der Waals surface area (Å²) in [5.41, 5.74) is 8.90. The molecule has 2 aromatic rings.